The summed E-state index contributed by atoms with van der Waals surface area (Å²) in [7, 11) is 0. The fourth-order valence-corrected chi connectivity index (χ4v) is 3.96. The topological polar surface area (TPSA) is 81.4 Å². The maximum Gasteiger partial charge on any atom is 0.336 e. The van der Waals surface area contributed by atoms with Crippen LogP contribution in [-0.2, 0) is 11.2 Å². The minimum Gasteiger partial charge on any atom is -0.484 e. The number of amides is 1. The van der Waals surface area contributed by atoms with Crippen molar-refractivity contribution in [3.8, 4) is 5.75 Å². The molecule has 2 aromatic carbocycles. The lowest BCUT2D eigenvalue weighted by atomic mass is 10.1. The molecule has 2 heterocycles. The number of hydrogen-bond acceptors (Lipinski definition) is 6. The third kappa shape index (κ3) is 4.69. The van der Waals surface area contributed by atoms with Crippen molar-refractivity contribution in [1.82, 2.24) is 4.98 Å². The summed E-state index contributed by atoms with van der Waals surface area (Å²) in [6.45, 7) is 1.77. The average Bonchev–Trinajstić information content (AvgIpc) is 3.16. The van der Waals surface area contributed by atoms with E-state index in [2.05, 4.69) is 10.3 Å². The second-order valence-corrected chi connectivity index (χ2v) is 8.14. The summed E-state index contributed by atoms with van der Waals surface area (Å²) in [6.07, 6.45) is 2.37. The number of ether oxygens (including phenoxy) is 1. The van der Waals surface area contributed by atoms with Crippen molar-refractivity contribution >= 4 is 44.9 Å². The van der Waals surface area contributed by atoms with E-state index in [0.717, 1.165) is 26.4 Å². The number of hydrogen-bond donors (Lipinski definition) is 1. The third-order valence-electron chi connectivity index (χ3n) is 4.40. The summed E-state index contributed by atoms with van der Waals surface area (Å²) in [6, 6.07) is 14.0. The van der Waals surface area contributed by atoms with Gasteiger partial charge in [0.1, 0.15) is 11.3 Å². The van der Waals surface area contributed by atoms with Crippen molar-refractivity contribution in [3.05, 3.63) is 86.2 Å². The van der Waals surface area contributed by atoms with Gasteiger partial charge in [-0.15, -0.1) is 11.3 Å². The van der Waals surface area contributed by atoms with Crippen LogP contribution in [0.4, 0.5) is 5.13 Å². The predicted octanol–water partition coefficient (Wildman–Crippen LogP) is 4.82. The highest BCUT2D eigenvalue weighted by atomic mass is 35.5. The highest BCUT2D eigenvalue weighted by Crippen LogP contribution is 2.27. The average molecular weight is 441 g/mol. The summed E-state index contributed by atoms with van der Waals surface area (Å²) in [4.78, 5) is 28.8. The molecular weight excluding hydrogens is 424 g/mol. The van der Waals surface area contributed by atoms with E-state index in [0.29, 0.717) is 22.9 Å². The van der Waals surface area contributed by atoms with Gasteiger partial charge in [-0.25, -0.2) is 9.78 Å². The molecule has 0 saturated heterocycles. The number of nitrogens with one attached hydrogen (secondary N) is 1. The van der Waals surface area contributed by atoms with Crippen LogP contribution in [-0.4, -0.2) is 17.5 Å². The summed E-state index contributed by atoms with van der Waals surface area (Å²) in [5, 5.41) is 4.74. The Kier molecular flexibility index (Phi) is 5.83. The number of carbonyl (C=O) groups excluding carboxylic acids is 1. The van der Waals surface area contributed by atoms with Crippen LogP contribution in [0.3, 0.4) is 0 Å². The Hall–Kier alpha value is -3.16. The first-order chi connectivity index (χ1) is 14.5. The molecule has 1 N–H and O–H groups in total. The van der Waals surface area contributed by atoms with Gasteiger partial charge < -0.3 is 9.15 Å². The molecule has 0 atom stereocenters. The highest BCUT2D eigenvalue weighted by Gasteiger charge is 2.10. The molecule has 8 heteroatoms. The number of aromatic nitrogens is 1. The zero-order valence-electron chi connectivity index (χ0n) is 16.0. The second-order valence-electron chi connectivity index (χ2n) is 6.65. The lowest BCUT2D eigenvalue weighted by Crippen LogP contribution is -2.19. The number of rotatable bonds is 6. The van der Waals surface area contributed by atoms with E-state index < -0.39 is 5.63 Å². The first-order valence-corrected chi connectivity index (χ1v) is 10.3. The number of thiazole rings is 1. The van der Waals surface area contributed by atoms with Crippen LogP contribution in [0.5, 0.6) is 5.75 Å². The van der Waals surface area contributed by atoms with Gasteiger partial charge in [-0.1, -0.05) is 29.8 Å². The zero-order valence-corrected chi connectivity index (χ0v) is 17.5. The standard InChI is InChI=1S/C22H17ClN2O4S/c1-13-3-2-4-15(21(13)23)9-17-11-24-22(30-17)25-19(26)12-28-16-7-5-14-6-8-20(27)29-18(14)10-16/h2-8,10-11H,9,12H2,1H3,(H,24,25,26). The van der Waals surface area contributed by atoms with Gasteiger partial charge in [-0.3, -0.25) is 10.1 Å². The minimum absolute atomic E-state index is 0.193. The number of carbonyl (C=O) groups is 1. The van der Waals surface area contributed by atoms with Crippen LogP contribution in [0.1, 0.15) is 16.0 Å². The molecule has 0 unspecified atom stereocenters. The molecule has 0 spiro atoms. The number of halogens is 1. The SMILES string of the molecule is Cc1cccc(Cc2cnc(NC(=O)COc3ccc4ccc(=O)oc4c3)s2)c1Cl. The summed E-state index contributed by atoms with van der Waals surface area (Å²) in [5.74, 6) is 0.0972. The van der Waals surface area contributed by atoms with Gasteiger partial charge in [0.2, 0.25) is 0 Å². The Bertz CT molecular complexity index is 1280. The van der Waals surface area contributed by atoms with Crippen LogP contribution in [0, 0.1) is 6.92 Å². The molecule has 6 nitrogen and oxygen atoms in total. The van der Waals surface area contributed by atoms with E-state index in [1.165, 1.54) is 17.4 Å². The molecule has 4 aromatic rings. The summed E-state index contributed by atoms with van der Waals surface area (Å²) < 4.78 is 10.6. The Morgan fingerprint density at radius 3 is 2.93 bits per heavy atom. The van der Waals surface area contributed by atoms with E-state index in [4.69, 9.17) is 20.8 Å². The van der Waals surface area contributed by atoms with E-state index in [9.17, 15) is 9.59 Å². The molecule has 4 rings (SSSR count). The van der Waals surface area contributed by atoms with Crippen molar-refractivity contribution in [3.63, 3.8) is 0 Å². The van der Waals surface area contributed by atoms with Gasteiger partial charge in [0.25, 0.3) is 5.91 Å². The number of aryl methyl sites for hydroxylation is 1. The number of anilines is 1. The molecule has 152 valence electrons. The minimum atomic E-state index is -0.441. The molecule has 0 bridgehead atoms. The van der Waals surface area contributed by atoms with Crippen molar-refractivity contribution in [2.45, 2.75) is 13.3 Å². The molecule has 0 radical (unpaired) electrons. The van der Waals surface area contributed by atoms with E-state index in [-0.39, 0.29) is 12.5 Å². The highest BCUT2D eigenvalue weighted by molar-refractivity contribution is 7.15. The van der Waals surface area contributed by atoms with Crippen LogP contribution >= 0.6 is 22.9 Å². The van der Waals surface area contributed by atoms with Crippen LogP contribution in [0.15, 0.2) is 63.9 Å². The number of nitrogens with zero attached hydrogens (tertiary/aromatic N) is 1. The van der Waals surface area contributed by atoms with Crippen molar-refractivity contribution in [2.75, 3.05) is 11.9 Å². The Morgan fingerprint density at radius 1 is 1.23 bits per heavy atom. The second kappa shape index (κ2) is 8.69. The number of fused-ring (bicyclic) bond motifs is 1. The quantitative estimate of drug-likeness (QED) is 0.435. The predicted molar refractivity (Wildman–Crippen MR) is 118 cm³/mol. The van der Waals surface area contributed by atoms with E-state index in [1.54, 1.807) is 30.5 Å². The maximum atomic E-state index is 12.2. The Balaban J connectivity index is 1.35. The van der Waals surface area contributed by atoms with Crippen LogP contribution in [0.2, 0.25) is 5.02 Å². The molecule has 1 amide bonds. The van der Waals surface area contributed by atoms with E-state index >= 15 is 0 Å². The van der Waals surface area contributed by atoms with Gasteiger partial charge in [0.05, 0.1) is 0 Å². The van der Waals surface area contributed by atoms with Gasteiger partial charge >= 0.3 is 5.63 Å². The van der Waals surface area contributed by atoms with Gasteiger partial charge in [-0.2, -0.15) is 0 Å². The van der Waals surface area contributed by atoms with Crippen molar-refractivity contribution in [1.29, 1.82) is 0 Å². The monoisotopic (exact) mass is 440 g/mol. The zero-order chi connectivity index (χ0) is 21.1. The summed E-state index contributed by atoms with van der Waals surface area (Å²) >= 11 is 7.74. The van der Waals surface area contributed by atoms with Crippen molar-refractivity contribution in [2.24, 2.45) is 0 Å². The van der Waals surface area contributed by atoms with E-state index in [1.807, 2.05) is 25.1 Å². The van der Waals surface area contributed by atoms with Crippen LogP contribution < -0.4 is 15.7 Å². The largest absolute Gasteiger partial charge is 0.484 e. The molecule has 0 aliphatic carbocycles. The van der Waals surface area contributed by atoms with Gasteiger partial charge in [-0.05, 0) is 36.2 Å². The lowest BCUT2D eigenvalue weighted by Gasteiger charge is -2.06. The summed E-state index contributed by atoms with van der Waals surface area (Å²) in [5.41, 5.74) is 2.01. The molecule has 2 aromatic heterocycles. The molecular formula is C22H17ClN2O4S. The first kappa shape index (κ1) is 20.1. The molecule has 0 aliphatic rings. The molecule has 0 fully saturated rings. The molecule has 0 aliphatic heterocycles. The Labute approximate surface area is 181 Å². The molecule has 30 heavy (non-hydrogen) atoms. The van der Waals surface area contributed by atoms with Crippen LogP contribution in [0.25, 0.3) is 11.0 Å². The fourth-order valence-electron chi connectivity index (χ4n) is 2.91. The van der Waals surface area contributed by atoms with Crippen molar-refractivity contribution < 1.29 is 13.9 Å². The Morgan fingerprint density at radius 2 is 2.07 bits per heavy atom. The first-order valence-electron chi connectivity index (χ1n) is 9.13. The van der Waals surface area contributed by atoms with Gasteiger partial charge in [0, 0.05) is 40.0 Å². The third-order valence-corrected chi connectivity index (χ3v) is 5.85. The smallest absolute Gasteiger partial charge is 0.336 e. The fraction of sp³-hybridized carbons (Fsp3) is 0.136. The number of benzene rings is 2. The maximum absolute atomic E-state index is 12.2. The van der Waals surface area contributed by atoms with Gasteiger partial charge in [0.15, 0.2) is 11.7 Å². The lowest BCUT2D eigenvalue weighted by molar-refractivity contribution is -0.118. The molecule has 0 saturated carbocycles. The normalized spacial score (nSPS) is 10.9.